The molecular formula is C18H25NO2P+. The van der Waals surface area contributed by atoms with Crippen molar-refractivity contribution >= 4 is 19.4 Å². The van der Waals surface area contributed by atoms with E-state index in [1.807, 2.05) is 12.1 Å². The van der Waals surface area contributed by atoms with E-state index in [1.165, 1.54) is 11.4 Å². The van der Waals surface area contributed by atoms with E-state index in [0.717, 1.165) is 30.3 Å². The lowest BCUT2D eigenvalue weighted by Gasteiger charge is -2.33. The number of nitrogens with zero attached hydrogens (tertiary/aromatic N) is 1. The molecule has 0 radical (unpaired) electrons. The van der Waals surface area contributed by atoms with Crippen LogP contribution < -0.4 is 4.48 Å². The first-order valence-electron chi connectivity index (χ1n) is 7.81. The molecule has 3 nitrogen and oxygen atoms in total. The highest BCUT2D eigenvalue weighted by atomic mass is 31.1. The summed E-state index contributed by atoms with van der Waals surface area (Å²) in [6.07, 6.45) is 3.31. The summed E-state index contributed by atoms with van der Waals surface area (Å²) in [5, 5.41) is 0. The molecule has 22 heavy (non-hydrogen) atoms. The molecule has 0 spiro atoms. The SMILES string of the molecule is C[N+](CCCCC[PH](=O)O)(c1ccccc1)c1ccccc1. The lowest BCUT2D eigenvalue weighted by molar-refractivity contribution is 0.434. The first-order valence-corrected chi connectivity index (χ1v) is 9.38. The quantitative estimate of drug-likeness (QED) is 0.439. The fourth-order valence-corrected chi connectivity index (χ4v) is 3.35. The van der Waals surface area contributed by atoms with Crippen LogP contribution in [0.4, 0.5) is 11.4 Å². The van der Waals surface area contributed by atoms with Crippen LogP contribution in [0.3, 0.4) is 0 Å². The van der Waals surface area contributed by atoms with Gasteiger partial charge in [-0.1, -0.05) is 36.4 Å². The maximum Gasteiger partial charge on any atom is 0.189 e. The fraction of sp³-hybridized carbons (Fsp3) is 0.333. The van der Waals surface area contributed by atoms with Gasteiger partial charge in [0.2, 0.25) is 0 Å². The van der Waals surface area contributed by atoms with Crippen molar-refractivity contribution in [2.75, 3.05) is 19.8 Å². The second-order valence-corrected chi connectivity index (χ2v) is 7.08. The predicted molar refractivity (Wildman–Crippen MR) is 95.1 cm³/mol. The van der Waals surface area contributed by atoms with Crippen molar-refractivity contribution < 1.29 is 9.46 Å². The molecule has 0 aromatic heterocycles. The minimum absolute atomic E-state index is 0.449. The lowest BCUT2D eigenvalue weighted by Crippen LogP contribution is -2.40. The number of unbranched alkanes of at least 4 members (excludes halogenated alkanes) is 2. The van der Waals surface area contributed by atoms with Crippen LogP contribution >= 0.6 is 8.03 Å². The van der Waals surface area contributed by atoms with Crippen molar-refractivity contribution in [2.45, 2.75) is 19.3 Å². The van der Waals surface area contributed by atoms with E-state index in [2.05, 4.69) is 55.6 Å². The Morgan fingerprint density at radius 2 is 1.36 bits per heavy atom. The topological polar surface area (TPSA) is 37.3 Å². The molecule has 0 aliphatic carbocycles. The van der Waals surface area contributed by atoms with Crippen LogP contribution in [-0.4, -0.2) is 24.6 Å². The summed E-state index contributed by atoms with van der Waals surface area (Å²) < 4.78 is 11.5. The standard InChI is InChI=1S/C18H24NO2P/c1-19(17-11-5-2-6-12-17,18-13-7-3-8-14-18)15-9-4-10-16-22(20)21/h2-3,5-8,11-14,22H,4,9-10,15-16H2,1H3/p+1. The zero-order chi connectivity index (χ0) is 15.8. The number of benzene rings is 2. The molecule has 0 heterocycles. The van der Waals surface area contributed by atoms with Crippen molar-refractivity contribution in [2.24, 2.45) is 0 Å². The zero-order valence-corrected chi connectivity index (χ0v) is 14.1. The Morgan fingerprint density at radius 1 is 0.864 bits per heavy atom. The molecule has 1 unspecified atom stereocenters. The van der Waals surface area contributed by atoms with Crippen molar-refractivity contribution in [3.8, 4) is 0 Å². The summed E-state index contributed by atoms with van der Waals surface area (Å²) in [4.78, 5) is 8.91. The molecule has 118 valence electrons. The van der Waals surface area contributed by atoms with Crippen LogP contribution in [0, 0.1) is 0 Å². The summed E-state index contributed by atoms with van der Waals surface area (Å²) in [7, 11) is -0.0730. The first-order chi connectivity index (χ1) is 10.6. The van der Waals surface area contributed by atoms with Gasteiger partial charge in [-0.05, 0) is 43.5 Å². The van der Waals surface area contributed by atoms with Gasteiger partial charge in [0.25, 0.3) is 0 Å². The van der Waals surface area contributed by atoms with Crippen LogP contribution in [0.5, 0.6) is 0 Å². The van der Waals surface area contributed by atoms with Gasteiger partial charge in [0.15, 0.2) is 8.03 Å². The first kappa shape index (κ1) is 17.0. The number of hydrogen-bond acceptors (Lipinski definition) is 1. The van der Waals surface area contributed by atoms with Gasteiger partial charge in [-0.25, -0.2) is 0 Å². The molecule has 1 N–H and O–H groups in total. The summed E-state index contributed by atoms with van der Waals surface area (Å²) in [6, 6.07) is 21.0. The third-order valence-corrected chi connectivity index (χ3v) is 4.93. The van der Waals surface area contributed by atoms with Gasteiger partial charge < -0.3 is 4.89 Å². The Hall–Kier alpha value is -1.41. The molecule has 4 heteroatoms. The van der Waals surface area contributed by atoms with E-state index in [9.17, 15) is 4.57 Å². The molecule has 0 bridgehead atoms. The van der Waals surface area contributed by atoms with Crippen molar-refractivity contribution in [3.63, 3.8) is 0 Å². The van der Waals surface area contributed by atoms with E-state index < -0.39 is 8.03 Å². The van der Waals surface area contributed by atoms with E-state index in [4.69, 9.17) is 4.89 Å². The average molecular weight is 318 g/mol. The average Bonchev–Trinajstić information content (AvgIpc) is 2.55. The fourth-order valence-electron chi connectivity index (χ4n) is 2.80. The molecule has 0 aliphatic rings. The molecule has 2 rings (SSSR count). The third kappa shape index (κ3) is 4.54. The third-order valence-electron chi connectivity index (χ3n) is 4.15. The number of para-hydroxylation sites is 2. The van der Waals surface area contributed by atoms with Crippen LogP contribution in [0.1, 0.15) is 19.3 Å². The largest absolute Gasteiger partial charge is 0.346 e. The van der Waals surface area contributed by atoms with Crippen molar-refractivity contribution in [3.05, 3.63) is 60.7 Å². The highest BCUT2D eigenvalue weighted by molar-refractivity contribution is 7.37. The monoisotopic (exact) mass is 318 g/mol. The molecule has 2 aromatic carbocycles. The Balaban J connectivity index is 2.11. The number of quaternary nitrogens is 1. The Bertz CT molecular complexity index is 547. The highest BCUT2D eigenvalue weighted by Gasteiger charge is 2.27. The van der Waals surface area contributed by atoms with Crippen molar-refractivity contribution in [1.82, 2.24) is 4.48 Å². The molecule has 0 fully saturated rings. The Kier molecular flexibility index (Phi) is 6.38. The zero-order valence-electron chi connectivity index (χ0n) is 13.1. The molecule has 0 saturated heterocycles. The van der Waals surface area contributed by atoms with Crippen LogP contribution in [-0.2, 0) is 4.57 Å². The maximum absolute atomic E-state index is 10.8. The normalized spacial score (nSPS) is 13.0. The Labute approximate surface area is 133 Å². The van der Waals surface area contributed by atoms with Gasteiger partial charge in [-0.3, -0.25) is 9.05 Å². The van der Waals surface area contributed by atoms with Gasteiger partial charge in [0, 0.05) is 6.16 Å². The number of hydrogen-bond donors (Lipinski definition) is 1. The van der Waals surface area contributed by atoms with E-state index in [0.29, 0.717) is 6.16 Å². The van der Waals surface area contributed by atoms with E-state index >= 15 is 0 Å². The number of rotatable bonds is 8. The van der Waals surface area contributed by atoms with Crippen LogP contribution in [0.25, 0.3) is 0 Å². The molecule has 0 aliphatic heterocycles. The van der Waals surface area contributed by atoms with Crippen molar-refractivity contribution in [1.29, 1.82) is 0 Å². The molecule has 0 amide bonds. The molecular weight excluding hydrogens is 293 g/mol. The maximum atomic E-state index is 10.8. The second-order valence-electron chi connectivity index (χ2n) is 5.79. The summed E-state index contributed by atoms with van der Waals surface area (Å²) in [5.41, 5.74) is 2.54. The van der Waals surface area contributed by atoms with E-state index in [1.54, 1.807) is 0 Å². The van der Waals surface area contributed by atoms with Gasteiger partial charge in [0.1, 0.15) is 11.4 Å². The Morgan fingerprint density at radius 3 is 1.82 bits per heavy atom. The minimum atomic E-state index is -2.31. The molecule has 0 saturated carbocycles. The smallest absolute Gasteiger partial charge is 0.189 e. The minimum Gasteiger partial charge on any atom is -0.346 e. The highest BCUT2D eigenvalue weighted by Crippen LogP contribution is 2.33. The van der Waals surface area contributed by atoms with Gasteiger partial charge >= 0.3 is 0 Å². The van der Waals surface area contributed by atoms with Gasteiger partial charge in [-0.15, -0.1) is 0 Å². The van der Waals surface area contributed by atoms with Gasteiger partial charge in [0.05, 0.1) is 13.6 Å². The summed E-state index contributed by atoms with van der Waals surface area (Å²) in [5.74, 6) is 0. The second kappa shape index (κ2) is 8.28. The summed E-state index contributed by atoms with van der Waals surface area (Å²) in [6.45, 7) is 0.986. The van der Waals surface area contributed by atoms with Crippen LogP contribution in [0.15, 0.2) is 60.7 Å². The van der Waals surface area contributed by atoms with Crippen LogP contribution in [0.2, 0.25) is 0 Å². The van der Waals surface area contributed by atoms with E-state index in [-0.39, 0.29) is 0 Å². The molecule has 2 aromatic rings. The predicted octanol–water partition coefficient (Wildman–Crippen LogP) is 4.59. The molecule has 1 atom stereocenters. The lowest BCUT2D eigenvalue weighted by atomic mass is 10.1. The van der Waals surface area contributed by atoms with Gasteiger partial charge in [-0.2, -0.15) is 0 Å². The summed E-state index contributed by atoms with van der Waals surface area (Å²) >= 11 is 0.